The van der Waals surface area contributed by atoms with Gasteiger partial charge in [0.05, 0.1) is 0 Å². The second kappa shape index (κ2) is 6.49. The highest BCUT2D eigenvalue weighted by molar-refractivity contribution is 4.82. The van der Waals surface area contributed by atoms with Gasteiger partial charge in [-0.3, -0.25) is 4.90 Å². The van der Waals surface area contributed by atoms with Crippen LogP contribution in [0.25, 0.3) is 0 Å². The summed E-state index contributed by atoms with van der Waals surface area (Å²) < 4.78 is 0. The first-order valence-corrected chi connectivity index (χ1v) is 6.67. The van der Waals surface area contributed by atoms with Crippen molar-refractivity contribution in [2.24, 2.45) is 17.6 Å². The molecule has 1 fully saturated rings. The Hall–Kier alpha value is -0.0800. The third-order valence-corrected chi connectivity index (χ3v) is 3.99. The lowest BCUT2D eigenvalue weighted by Crippen LogP contribution is -2.49. The van der Waals surface area contributed by atoms with Crippen LogP contribution in [0.2, 0.25) is 0 Å². The van der Waals surface area contributed by atoms with Crippen molar-refractivity contribution in [1.82, 2.24) is 4.90 Å². The molecule has 1 aliphatic rings. The van der Waals surface area contributed by atoms with Crippen molar-refractivity contribution in [3.8, 4) is 0 Å². The molecule has 0 saturated carbocycles. The Bertz CT molecular complexity index is 166. The molecule has 0 aromatic heterocycles. The van der Waals surface area contributed by atoms with E-state index in [0.29, 0.717) is 6.04 Å². The third-order valence-electron chi connectivity index (χ3n) is 3.99. The number of rotatable bonds is 5. The van der Waals surface area contributed by atoms with Gasteiger partial charge < -0.3 is 5.73 Å². The van der Waals surface area contributed by atoms with Crippen LogP contribution in [0, 0.1) is 11.8 Å². The smallest absolute Gasteiger partial charge is 0.0246 e. The first-order valence-electron chi connectivity index (χ1n) is 6.67. The van der Waals surface area contributed by atoms with Crippen LogP contribution < -0.4 is 5.73 Å². The predicted molar refractivity (Wildman–Crippen MR) is 66.9 cm³/mol. The summed E-state index contributed by atoms with van der Waals surface area (Å²) in [6, 6.07) is 0.628. The number of nitrogens with zero attached hydrogens (tertiary/aromatic N) is 1. The van der Waals surface area contributed by atoms with E-state index in [-0.39, 0.29) is 0 Å². The fourth-order valence-corrected chi connectivity index (χ4v) is 3.00. The number of piperidine rings is 1. The molecule has 0 amide bonds. The molecule has 90 valence electrons. The predicted octanol–water partition coefficient (Wildman–Crippen LogP) is 2.48. The highest BCUT2D eigenvalue weighted by Crippen LogP contribution is 2.23. The minimum atomic E-state index is 0.628. The van der Waals surface area contributed by atoms with E-state index in [1.54, 1.807) is 0 Å². The zero-order valence-corrected chi connectivity index (χ0v) is 10.7. The van der Waals surface area contributed by atoms with Crippen LogP contribution in [0.15, 0.2) is 0 Å². The zero-order valence-electron chi connectivity index (χ0n) is 10.7. The first kappa shape index (κ1) is 13.0. The van der Waals surface area contributed by atoms with Gasteiger partial charge in [0.2, 0.25) is 0 Å². The van der Waals surface area contributed by atoms with Crippen molar-refractivity contribution >= 4 is 0 Å². The minimum absolute atomic E-state index is 0.628. The molecule has 2 nitrogen and oxygen atoms in total. The molecule has 2 heteroatoms. The van der Waals surface area contributed by atoms with Gasteiger partial charge in [-0.1, -0.05) is 33.6 Å². The van der Waals surface area contributed by atoms with E-state index in [1.165, 1.54) is 38.8 Å². The molecule has 1 rings (SSSR count). The van der Waals surface area contributed by atoms with Crippen LogP contribution in [0.3, 0.4) is 0 Å². The molecule has 1 heterocycles. The van der Waals surface area contributed by atoms with Gasteiger partial charge in [-0.15, -0.1) is 0 Å². The molecular formula is C13H28N2. The fraction of sp³-hybridized carbons (Fsp3) is 1.00. The summed E-state index contributed by atoms with van der Waals surface area (Å²) in [7, 11) is 0. The molecule has 0 aromatic carbocycles. The maximum atomic E-state index is 5.96. The normalized spacial score (nSPS) is 25.8. The molecule has 15 heavy (non-hydrogen) atoms. The van der Waals surface area contributed by atoms with Gasteiger partial charge in [0.15, 0.2) is 0 Å². The van der Waals surface area contributed by atoms with Crippen LogP contribution in [0.1, 0.15) is 46.5 Å². The second-order valence-corrected chi connectivity index (χ2v) is 5.12. The summed E-state index contributed by atoms with van der Waals surface area (Å²) in [4.78, 5) is 2.64. The monoisotopic (exact) mass is 212 g/mol. The summed E-state index contributed by atoms with van der Waals surface area (Å²) in [5.74, 6) is 1.66. The van der Waals surface area contributed by atoms with Crippen molar-refractivity contribution < 1.29 is 0 Å². The Morgan fingerprint density at radius 1 is 1.33 bits per heavy atom. The largest absolute Gasteiger partial charge is 0.329 e. The lowest BCUT2D eigenvalue weighted by Gasteiger charge is -2.40. The average Bonchev–Trinajstić information content (AvgIpc) is 2.25. The van der Waals surface area contributed by atoms with E-state index in [1.807, 2.05) is 0 Å². The molecule has 2 unspecified atom stereocenters. The van der Waals surface area contributed by atoms with Gasteiger partial charge in [-0.2, -0.15) is 0 Å². The van der Waals surface area contributed by atoms with Crippen molar-refractivity contribution in [3.05, 3.63) is 0 Å². The summed E-state index contributed by atoms with van der Waals surface area (Å²) >= 11 is 0. The van der Waals surface area contributed by atoms with E-state index >= 15 is 0 Å². The average molecular weight is 212 g/mol. The van der Waals surface area contributed by atoms with Crippen molar-refractivity contribution in [3.63, 3.8) is 0 Å². The van der Waals surface area contributed by atoms with Crippen LogP contribution in [-0.4, -0.2) is 30.6 Å². The van der Waals surface area contributed by atoms with Crippen molar-refractivity contribution in [2.75, 3.05) is 19.6 Å². The molecule has 0 bridgehead atoms. The van der Waals surface area contributed by atoms with E-state index in [9.17, 15) is 0 Å². The van der Waals surface area contributed by atoms with Crippen LogP contribution in [-0.2, 0) is 0 Å². The Kier molecular flexibility index (Phi) is 5.62. The number of hydrogen-bond donors (Lipinski definition) is 1. The lowest BCUT2D eigenvalue weighted by molar-refractivity contribution is 0.0921. The second-order valence-electron chi connectivity index (χ2n) is 5.12. The molecular weight excluding hydrogens is 184 g/mol. The van der Waals surface area contributed by atoms with Gasteiger partial charge in [0.1, 0.15) is 0 Å². The van der Waals surface area contributed by atoms with Crippen LogP contribution in [0.5, 0.6) is 0 Å². The van der Waals surface area contributed by atoms with Crippen LogP contribution in [0.4, 0.5) is 0 Å². The van der Waals surface area contributed by atoms with Gasteiger partial charge >= 0.3 is 0 Å². The Labute approximate surface area is 95.2 Å². The summed E-state index contributed by atoms with van der Waals surface area (Å²) in [5.41, 5.74) is 5.96. The zero-order chi connectivity index (χ0) is 11.3. The summed E-state index contributed by atoms with van der Waals surface area (Å²) in [6.07, 6.45) is 5.29. The van der Waals surface area contributed by atoms with E-state index in [4.69, 9.17) is 5.73 Å². The van der Waals surface area contributed by atoms with E-state index in [0.717, 1.165) is 18.4 Å². The van der Waals surface area contributed by atoms with Gasteiger partial charge in [-0.05, 0) is 31.2 Å². The third kappa shape index (κ3) is 3.46. The minimum Gasteiger partial charge on any atom is -0.329 e. The number of nitrogens with two attached hydrogens (primary N) is 1. The lowest BCUT2D eigenvalue weighted by atomic mass is 9.90. The fourth-order valence-electron chi connectivity index (χ4n) is 3.00. The first-order chi connectivity index (χ1) is 7.22. The Morgan fingerprint density at radius 3 is 2.47 bits per heavy atom. The number of hydrogen-bond acceptors (Lipinski definition) is 2. The maximum Gasteiger partial charge on any atom is 0.0246 e. The maximum absolute atomic E-state index is 5.96. The highest BCUT2D eigenvalue weighted by Gasteiger charge is 2.27. The molecule has 0 aromatic rings. The van der Waals surface area contributed by atoms with Crippen molar-refractivity contribution in [2.45, 2.75) is 52.5 Å². The summed E-state index contributed by atoms with van der Waals surface area (Å²) in [6.45, 7) is 10.3. The Balaban J connectivity index is 2.55. The quantitative estimate of drug-likeness (QED) is 0.758. The molecule has 1 aliphatic heterocycles. The molecule has 2 atom stereocenters. The SMILES string of the molecule is CCC(CC)C(CN)N1CCCC(C)C1. The Morgan fingerprint density at radius 2 is 2.00 bits per heavy atom. The highest BCUT2D eigenvalue weighted by atomic mass is 15.2. The van der Waals surface area contributed by atoms with Gasteiger partial charge in [0.25, 0.3) is 0 Å². The van der Waals surface area contributed by atoms with E-state index < -0.39 is 0 Å². The van der Waals surface area contributed by atoms with Crippen molar-refractivity contribution in [1.29, 1.82) is 0 Å². The van der Waals surface area contributed by atoms with Gasteiger partial charge in [-0.25, -0.2) is 0 Å². The van der Waals surface area contributed by atoms with Crippen LogP contribution >= 0.6 is 0 Å². The molecule has 2 N–H and O–H groups in total. The molecule has 0 spiro atoms. The molecule has 1 saturated heterocycles. The summed E-state index contributed by atoms with van der Waals surface area (Å²) in [5, 5.41) is 0. The molecule has 0 aliphatic carbocycles. The topological polar surface area (TPSA) is 29.3 Å². The molecule has 0 radical (unpaired) electrons. The van der Waals surface area contributed by atoms with Gasteiger partial charge in [0, 0.05) is 19.1 Å². The standard InChI is InChI=1S/C13H28N2/c1-4-12(5-2)13(9-14)15-8-6-7-11(3)10-15/h11-13H,4-10,14H2,1-3H3. The van der Waals surface area contributed by atoms with E-state index in [2.05, 4.69) is 25.7 Å². The number of likely N-dealkylation sites (tertiary alicyclic amines) is 1.